The first-order chi connectivity index (χ1) is 7.88. The fraction of sp³-hybridized carbons (Fsp3) is 0.111. The van der Waals surface area contributed by atoms with Crippen LogP contribution in [0.3, 0.4) is 0 Å². The van der Waals surface area contributed by atoms with Crippen LogP contribution in [0.15, 0.2) is 28.2 Å². The number of amides is 1. The summed E-state index contributed by atoms with van der Waals surface area (Å²) >= 11 is 5.72. The van der Waals surface area contributed by atoms with Gasteiger partial charge in [-0.2, -0.15) is 13.5 Å². The lowest BCUT2D eigenvalue weighted by Crippen LogP contribution is -2.19. The third-order valence-electron chi connectivity index (χ3n) is 2.10. The molecule has 1 aliphatic heterocycles. The van der Waals surface area contributed by atoms with Gasteiger partial charge in [0, 0.05) is 11.2 Å². The van der Waals surface area contributed by atoms with Crippen molar-refractivity contribution in [3.05, 3.63) is 23.2 Å². The Balaban J connectivity index is 2.53. The normalized spacial score (nSPS) is 15.6. The molecule has 6 nitrogen and oxygen atoms in total. The molecule has 0 unspecified atom stereocenters. The summed E-state index contributed by atoms with van der Waals surface area (Å²) in [5.41, 5.74) is 0.198. The lowest BCUT2D eigenvalue weighted by atomic mass is 10.3. The zero-order valence-electron chi connectivity index (χ0n) is 8.37. The van der Waals surface area contributed by atoms with Gasteiger partial charge in [0.05, 0.1) is 17.0 Å². The Labute approximate surface area is 102 Å². The maximum absolute atomic E-state index is 11.4. The van der Waals surface area contributed by atoms with Gasteiger partial charge in [-0.3, -0.25) is 9.35 Å². The van der Waals surface area contributed by atoms with E-state index in [1.807, 2.05) is 0 Å². The van der Waals surface area contributed by atoms with E-state index in [1.54, 1.807) is 0 Å². The molecular weight excluding hydrogens is 268 g/mol. The van der Waals surface area contributed by atoms with Crippen LogP contribution in [0.1, 0.15) is 6.42 Å². The molecule has 1 heterocycles. The summed E-state index contributed by atoms with van der Waals surface area (Å²) in [4.78, 5) is 11.0. The van der Waals surface area contributed by atoms with Crippen molar-refractivity contribution in [1.82, 2.24) is 0 Å². The van der Waals surface area contributed by atoms with Crippen LogP contribution in [0.4, 0.5) is 5.69 Å². The van der Waals surface area contributed by atoms with E-state index in [0.29, 0.717) is 0 Å². The molecule has 17 heavy (non-hydrogen) atoms. The molecular formula is C9H7ClN2O4S. The largest absolute Gasteiger partial charge is 0.294 e. The maximum atomic E-state index is 11.4. The molecule has 2 rings (SSSR count). The highest BCUT2D eigenvalue weighted by atomic mass is 35.5. The van der Waals surface area contributed by atoms with Crippen LogP contribution < -0.4 is 5.01 Å². The first-order valence-corrected chi connectivity index (χ1v) is 6.33. The van der Waals surface area contributed by atoms with Gasteiger partial charge in [0.1, 0.15) is 0 Å². The van der Waals surface area contributed by atoms with Gasteiger partial charge in [-0.15, -0.1) is 0 Å². The molecule has 0 saturated carbocycles. The predicted octanol–water partition coefficient (Wildman–Crippen LogP) is 1.31. The molecule has 1 aromatic rings. The lowest BCUT2D eigenvalue weighted by Gasteiger charge is -2.12. The molecule has 1 aliphatic rings. The number of hydrogen-bond donors (Lipinski definition) is 1. The SMILES string of the molecule is O=C1CC=NN1c1cc(Cl)cc(S(=O)(=O)O)c1. The zero-order valence-corrected chi connectivity index (χ0v) is 9.94. The molecule has 0 fully saturated rings. The summed E-state index contributed by atoms with van der Waals surface area (Å²) in [6.07, 6.45) is 1.55. The average Bonchev–Trinajstić information content (AvgIpc) is 2.62. The van der Waals surface area contributed by atoms with Crippen molar-refractivity contribution >= 4 is 39.5 Å². The minimum absolute atomic E-state index is 0.0880. The Morgan fingerprint density at radius 2 is 2.06 bits per heavy atom. The van der Waals surface area contributed by atoms with Crippen LogP contribution in [-0.2, 0) is 14.9 Å². The molecule has 90 valence electrons. The maximum Gasteiger partial charge on any atom is 0.294 e. The number of carbonyl (C=O) groups excluding carboxylic acids is 1. The monoisotopic (exact) mass is 274 g/mol. The van der Waals surface area contributed by atoms with E-state index in [-0.39, 0.29) is 27.9 Å². The molecule has 1 N–H and O–H groups in total. The van der Waals surface area contributed by atoms with Gasteiger partial charge in [0.15, 0.2) is 0 Å². The number of hydrazone groups is 1. The van der Waals surface area contributed by atoms with Crippen LogP contribution in [0.5, 0.6) is 0 Å². The molecule has 1 amide bonds. The highest BCUT2D eigenvalue weighted by molar-refractivity contribution is 7.85. The highest BCUT2D eigenvalue weighted by Crippen LogP contribution is 2.26. The van der Waals surface area contributed by atoms with E-state index in [0.717, 1.165) is 17.1 Å². The summed E-state index contributed by atoms with van der Waals surface area (Å²) in [6, 6.07) is 3.60. The number of halogens is 1. The van der Waals surface area contributed by atoms with Gasteiger partial charge in [-0.1, -0.05) is 11.6 Å². The molecule has 0 aliphatic carbocycles. The summed E-state index contributed by atoms with van der Waals surface area (Å²) < 4.78 is 30.9. The van der Waals surface area contributed by atoms with E-state index >= 15 is 0 Å². The fourth-order valence-corrected chi connectivity index (χ4v) is 2.22. The molecule has 0 saturated heterocycles. The second kappa shape index (κ2) is 4.10. The summed E-state index contributed by atoms with van der Waals surface area (Å²) in [7, 11) is -4.37. The van der Waals surface area contributed by atoms with Crippen molar-refractivity contribution in [3.63, 3.8) is 0 Å². The van der Waals surface area contributed by atoms with Gasteiger partial charge < -0.3 is 0 Å². The number of benzene rings is 1. The molecule has 8 heteroatoms. The lowest BCUT2D eigenvalue weighted by molar-refractivity contribution is -0.116. The predicted molar refractivity (Wildman–Crippen MR) is 61.9 cm³/mol. The summed E-state index contributed by atoms with van der Waals surface area (Å²) in [5, 5.41) is 4.89. The minimum Gasteiger partial charge on any atom is -0.282 e. The minimum atomic E-state index is -4.37. The Morgan fingerprint density at radius 3 is 2.59 bits per heavy atom. The first-order valence-electron chi connectivity index (χ1n) is 4.51. The first kappa shape index (κ1) is 12.0. The van der Waals surface area contributed by atoms with Crippen molar-refractivity contribution in [2.75, 3.05) is 5.01 Å². The smallest absolute Gasteiger partial charge is 0.282 e. The molecule has 0 aromatic heterocycles. The Hall–Kier alpha value is -1.44. The number of anilines is 1. The average molecular weight is 275 g/mol. The van der Waals surface area contributed by atoms with Gasteiger partial charge in [0.2, 0.25) is 0 Å². The Morgan fingerprint density at radius 1 is 1.35 bits per heavy atom. The summed E-state index contributed by atoms with van der Waals surface area (Å²) in [5.74, 6) is -0.298. The van der Waals surface area contributed by atoms with Gasteiger partial charge in [-0.05, 0) is 18.2 Å². The highest BCUT2D eigenvalue weighted by Gasteiger charge is 2.21. The Bertz CT molecular complexity index is 611. The van der Waals surface area contributed by atoms with Crippen LogP contribution in [0, 0.1) is 0 Å². The third kappa shape index (κ3) is 2.46. The van der Waals surface area contributed by atoms with Crippen molar-refractivity contribution in [1.29, 1.82) is 0 Å². The second-order valence-electron chi connectivity index (χ2n) is 3.33. The van der Waals surface area contributed by atoms with E-state index in [2.05, 4.69) is 5.10 Å². The third-order valence-corrected chi connectivity index (χ3v) is 3.15. The molecule has 0 atom stereocenters. The van der Waals surface area contributed by atoms with Crippen LogP contribution >= 0.6 is 11.6 Å². The van der Waals surface area contributed by atoms with Crippen LogP contribution in [0.2, 0.25) is 5.02 Å². The Kier molecular flexibility index (Phi) is 2.90. The fourth-order valence-electron chi connectivity index (χ4n) is 1.38. The van der Waals surface area contributed by atoms with Crippen molar-refractivity contribution in [2.45, 2.75) is 11.3 Å². The zero-order chi connectivity index (χ0) is 12.6. The van der Waals surface area contributed by atoms with Crippen molar-refractivity contribution in [3.8, 4) is 0 Å². The van der Waals surface area contributed by atoms with Crippen molar-refractivity contribution < 1.29 is 17.8 Å². The van der Waals surface area contributed by atoms with E-state index < -0.39 is 10.1 Å². The number of rotatable bonds is 2. The van der Waals surface area contributed by atoms with E-state index in [1.165, 1.54) is 12.3 Å². The quantitative estimate of drug-likeness (QED) is 0.824. The van der Waals surface area contributed by atoms with E-state index in [4.69, 9.17) is 16.2 Å². The molecule has 0 radical (unpaired) electrons. The number of hydrogen-bond acceptors (Lipinski definition) is 4. The summed E-state index contributed by atoms with van der Waals surface area (Å²) in [6.45, 7) is 0. The molecule has 0 bridgehead atoms. The second-order valence-corrected chi connectivity index (χ2v) is 5.19. The van der Waals surface area contributed by atoms with Gasteiger partial charge in [0.25, 0.3) is 16.0 Å². The molecule has 1 aromatic carbocycles. The van der Waals surface area contributed by atoms with E-state index in [9.17, 15) is 13.2 Å². The van der Waals surface area contributed by atoms with Crippen LogP contribution in [0.25, 0.3) is 0 Å². The van der Waals surface area contributed by atoms with Gasteiger partial charge >= 0.3 is 0 Å². The molecule has 0 spiro atoms. The van der Waals surface area contributed by atoms with Crippen molar-refractivity contribution in [2.24, 2.45) is 5.10 Å². The number of nitrogens with zero attached hydrogens (tertiary/aromatic N) is 2. The van der Waals surface area contributed by atoms with Gasteiger partial charge in [-0.25, -0.2) is 5.01 Å². The van der Waals surface area contributed by atoms with Crippen LogP contribution in [-0.4, -0.2) is 25.1 Å². The number of carbonyl (C=O) groups is 1. The topological polar surface area (TPSA) is 87.0 Å². The standard InChI is InChI=1S/C9H7ClN2O4S/c10-6-3-7(12-9(13)1-2-11-12)5-8(4-6)17(14,15)16/h2-5H,1H2,(H,14,15,16).